The number of anilines is 1. The van der Waals surface area contributed by atoms with E-state index in [0.29, 0.717) is 27.6 Å². The Morgan fingerprint density at radius 3 is 2.29 bits per heavy atom. The van der Waals surface area contributed by atoms with Crippen molar-refractivity contribution in [1.82, 2.24) is 5.32 Å². The highest BCUT2D eigenvalue weighted by molar-refractivity contribution is 6.30. The van der Waals surface area contributed by atoms with Crippen LogP contribution in [0.15, 0.2) is 72.4 Å². The molecule has 0 aromatic heterocycles. The van der Waals surface area contributed by atoms with Crippen molar-refractivity contribution in [2.45, 2.75) is 6.92 Å². The van der Waals surface area contributed by atoms with Gasteiger partial charge in [-0.1, -0.05) is 23.7 Å². The fourth-order valence-corrected chi connectivity index (χ4v) is 3.00. The van der Waals surface area contributed by atoms with Gasteiger partial charge in [-0.2, -0.15) is 0 Å². The van der Waals surface area contributed by atoms with E-state index in [1.807, 2.05) is 0 Å². The Bertz CT molecular complexity index is 1130. The number of rotatable bonds is 6. The van der Waals surface area contributed by atoms with Crippen molar-refractivity contribution >= 4 is 35.2 Å². The second kappa shape index (κ2) is 9.91. The van der Waals surface area contributed by atoms with E-state index >= 15 is 0 Å². The van der Waals surface area contributed by atoms with Crippen LogP contribution in [0.3, 0.4) is 0 Å². The molecule has 158 valence electrons. The first-order valence-corrected chi connectivity index (χ1v) is 9.73. The van der Waals surface area contributed by atoms with Crippen molar-refractivity contribution < 1.29 is 18.7 Å². The van der Waals surface area contributed by atoms with Gasteiger partial charge in [0.05, 0.1) is 7.11 Å². The van der Waals surface area contributed by atoms with Gasteiger partial charge in [0.1, 0.15) is 17.3 Å². The lowest BCUT2D eigenvalue weighted by molar-refractivity contribution is -0.113. The lowest BCUT2D eigenvalue weighted by Crippen LogP contribution is -2.30. The zero-order chi connectivity index (χ0) is 22.4. The summed E-state index contributed by atoms with van der Waals surface area (Å²) in [5, 5.41) is 5.95. The first-order chi connectivity index (χ1) is 14.9. The highest BCUT2D eigenvalue weighted by atomic mass is 35.5. The van der Waals surface area contributed by atoms with Crippen LogP contribution in [0.5, 0.6) is 5.75 Å². The van der Waals surface area contributed by atoms with E-state index in [4.69, 9.17) is 16.3 Å². The van der Waals surface area contributed by atoms with Crippen molar-refractivity contribution in [3.05, 3.63) is 100.0 Å². The van der Waals surface area contributed by atoms with Gasteiger partial charge in [-0.05, 0) is 78.7 Å². The Labute approximate surface area is 184 Å². The Hall–Kier alpha value is -3.64. The molecule has 0 bridgehead atoms. The normalized spacial score (nSPS) is 11.0. The van der Waals surface area contributed by atoms with Crippen LogP contribution in [0.25, 0.3) is 6.08 Å². The molecule has 0 aliphatic rings. The zero-order valence-electron chi connectivity index (χ0n) is 16.9. The molecule has 0 aliphatic heterocycles. The molecule has 0 heterocycles. The number of amides is 2. The van der Waals surface area contributed by atoms with Gasteiger partial charge < -0.3 is 15.4 Å². The number of hydrogen-bond acceptors (Lipinski definition) is 3. The average molecular weight is 439 g/mol. The third-order valence-electron chi connectivity index (χ3n) is 4.46. The molecular weight excluding hydrogens is 419 g/mol. The van der Waals surface area contributed by atoms with Crippen LogP contribution in [-0.2, 0) is 4.79 Å². The first-order valence-electron chi connectivity index (χ1n) is 9.36. The summed E-state index contributed by atoms with van der Waals surface area (Å²) < 4.78 is 18.3. The molecule has 0 atom stereocenters. The second-order valence-corrected chi connectivity index (χ2v) is 7.14. The lowest BCUT2D eigenvalue weighted by Gasteiger charge is -2.13. The Kier molecular flexibility index (Phi) is 7.05. The molecule has 7 heteroatoms. The van der Waals surface area contributed by atoms with Crippen molar-refractivity contribution in [2.24, 2.45) is 0 Å². The van der Waals surface area contributed by atoms with Crippen LogP contribution in [0.1, 0.15) is 21.5 Å². The van der Waals surface area contributed by atoms with Crippen molar-refractivity contribution in [2.75, 3.05) is 12.4 Å². The van der Waals surface area contributed by atoms with Gasteiger partial charge in [0.25, 0.3) is 11.8 Å². The highest BCUT2D eigenvalue weighted by Gasteiger charge is 2.16. The smallest absolute Gasteiger partial charge is 0.272 e. The van der Waals surface area contributed by atoms with Crippen molar-refractivity contribution in [3.63, 3.8) is 0 Å². The van der Waals surface area contributed by atoms with Gasteiger partial charge in [0.2, 0.25) is 0 Å². The molecule has 0 saturated carbocycles. The average Bonchev–Trinajstić information content (AvgIpc) is 2.76. The molecule has 0 saturated heterocycles. The maximum atomic E-state index is 13.2. The lowest BCUT2D eigenvalue weighted by atomic mass is 10.1. The number of benzene rings is 3. The molecule has 0 fully saturated rings. The summed E-state index contributed by atoms with van der Waals surface area (Å²) in [5.41, 5.74) is 2.22. The predicted molar refractivity (Wildman–Crippen MR) is 120 cm³/mol. The molecule has 3 rings (SSSR count). The molecule has 2 amide bonds. The van der Waals surface area contributed by atoms with Crippen LogP contribution < -0.4 is 15.4 Å². The van der Waals surface area contributed by atoms with E-state index < -0.39 is 17.6 Å². The number of ether oxygens (including phenoxy) is 1. The third kappa shape index (κ3) is 5.93. The Balaban J connectivity index is 1.88. The van der Waals surface area contributed by atoms with E-state index in [1.165, 1.54) is 37.5 Å². The molecular formula is C24H20ClFN2O3. The van der Waals surface area contributed by atoms with Gasteiger partial charge in [-0.25, -0.2) is 4.39 Å². The molecule has 5 nitrogen and oxygen atoms in total. The minimum Gasteiger partial charge on any atom is -0.497 e. The van der Waals surface area contributed by atoms with Crippen molar-refractivity contribution in [3.8, 4) is 5.75 Å². The van der Waals surface area contributed by atoms with Crippen LogP contribution in [0.4, 0.5) is 10.1 Å². The Morgan fingerprint density at radius 1 is 1.00 bits per heavy atom. The third-order valence-corrected chi connectivity index (χ3v) is 4.70. The maximum absolute atomic E-state index is 13.2. The summed E-state index contributed by atoms with van der Waals surface area (Å²) in [7, 11) is 1.53. The molecule has 0 radical (unpaired) electrons. The molecule has 31 heavy (non-hydrogen) atoms. The summed E-state index contributed by atoms with van der Waals surface area (Å²) in [6, 6.07) is 17.1. The van der Waals surface area contributed by atoms with Crippen LogP contribution in [0, 0.1) is 12.7 Å². The SMILES string of the molecule is COc1ccc(C(=O)N/C(=C\c2ccc(F)cc2)C(=O)Nc2ccc(Cl)cc2C)cc1. The van der Waals surface area contributed by atoms with Gasteiger partial charge in [-0.15, -0.1) is 0 Å². The van der Waals surface area contributed by atoms with Gasteiger partial charge in [0, 0.05) is 16.3 Å². The van der Waals surface area contributed by atoms with E-state index in [9.17, 15) is 14.0 Å². The molecule has 2 N–H and O–H groups in total. The molecule has 3 aromatic carbocycles. The quantitative estimate of drug-likeness (QED) is 0.519. The molecule has 3 aromatic rings. The number of aryl methyl sites for hydroxylation is 1. The van der Waals surface area contributed by atoms with Gasteiger partial charge in [-0.3, -0.25) is 9.59 Å². The van der Waals surface area contributed by atoms with Crippen molar-refractivity contribution in [1.29, 1.82) is 0 Å². The Morgan fingerprint density at radius 2 is 1.68 bits per heavy atom. The fourth-order valence-electron chi connectivity index (χ4n) is 2.78. The van der Waals surface area contributed by atoms with E-state index in [1.54, 1.807) is 49.4 Å². The van der Waals surface area contributed by atoms with Crippen LogP contribution in [0.2, 0.25) is 5.02 Å². The number of carbonyl (C=O) groups is 2. The topological polar surface area (TPSA) is 67.4 Å². The number of carbonyl (C=O) groups excluding carboxylic acids is 2. The standard InChI is InChI=1S/C24H20ClFN2O3/c1-15-13-18(25)7-12-21(15)27-24(30)22(14-16-3-8-19(26)9-4-16)28-23(29)17-5-10-20(31-2)11-6-17/h3-14H,1-2H3,(H,27,30)(H,28,29)/b22-14-. The van der Waals surface area contributed by atoms with E-state index in [2.05, 4.69) is 10.6 Å². The van der Waals surface area contributed by atoms with Crippen LogP contribution >= 0.6 is 11.6 Å². The van der Waals surface area contributed by atoms with Crippen LogP contribution in [-0.4, -0.2) is 18.9 Å². The zero-order valence-corrected chi connectivity index (χ0v) is 17.7. The summed E-state index contributed by atoms with van der Waals surface area (Å²) >= 11 is 5.97. The number of nitrogens with one attached hydrogen (secondary N) is 2. The van der Waals surface area contributed by atoms with E-state index in [-0.39, 0.29) is 5.70 Å². The van der Waals surface area contributed by atoms with Gasteiger partial charge >= 0.3 is 0 Å². The monoisotopic (exact) mass is 438 g/mol. The summed E-state index contributed by atoms with van der Waals surface area (Å²) in [5.74, 6) is -0.799. The predicted octanol–water partition coefficient (Wildman–Crippen LogP) is 5.21. The summed E-state index contributed by atoms with van der Waals surface area (Å²) in [4.78, 5) is 25.7. The highest BCUT2D eigenvalue weighted by Crippen LogP contribution is 2.20. The minimum atomic E-state index is -0.531. The fraction of sp³-hybridized carbons (Fsp3) is 0.0833. The number of methoxy groups -OCH3 is 1. The second-order valence-electron chi connectivity index (χ2n) is 6.71. The summed E-state index contributed by atoms with van der Waals surface area (Å²) in [6.07, 6.45) is 1.47. The number of hydrogen-bond donors (Lipinski definition) is 2. The maximum Gasteiger partial charge on any atom is 0.272 e. The summed E-state index contributed by atoms with van der Waals surface area (Å²) in [6.45, 7) is 1.81. The molecule has 0 spiro atoms. The minimum absolute atomic E-state index is 0.00164. The first kappa shape index (κ1) is 22.1. The molecule has 0 unspecified atom stereocenters. The number of halogens is 2. The largest absolute Gasteiger partial charge is 0.497 e. The van der Waals surface area contributed by atoms with E-state index in [0.717, 1.165) is 5.56 Å². The molecule has 0 aliphatic carbocycles. The van der Waals surface area contributed by atoms with Gasteiger partial charge in [0.15, 0.2) is 0 Å².